The summed E-state index contributed by atoms with van der Waals surface area (Å²) in [6, 6.07) is 4.27. The van der Waals surface area contributed by atoms with E-state index in [1.165, 1.54) is 12.1 Å². The molecule has 0 aromatic heterocycles. The Hall–Kier alpha value is -1.62. The van der Waals surface area contributed by atoms with E-state index in [2.05, 4.69) is 5.32 Å². The van der Waals surface area contributed by atoms with Gasteiger partial charge in [-0.25, -0.2) is 9.18 Å². The number of nitrogens with one attached hydrogen (secondary N) is 1. The Labute approximate surface area is 112 Å². The lowest BCUT2D eigenvalue weighted by Gasteiger charge is -2.16. The Morgan fingerprint density at radius 1 is 1.37 bits per heavy atom. The number of ether oxygens (including phenoxy) is 2. The first-order chi connectivity index (χ1) is 8.93. The van der Waals surface area contributed by atoms with Crippen LogP contribution >= 0.6 is 0 Å². The lowest BCUT2D eigenvalue weighted by Crippen LogP contribution is -2.20. The van der Waals surface area contributed by atoms with Gasteiger partial charge < -0.3 is 14.8 Å². The van der Waals surface area contributed by atoms with Crippen molar-refractivity contribution in [3.05, 3.63) is 29.6 Å². The fourth-order valence-electron chi connectivity index (χ4n) is 1.58. The highest BCUT2D eigenvalue weighted by atomic mass is 19.1. The second-order valence-corrected chi connectivity index (χ2v) is 4.52. The van der Waals surface area contributed by atoms with E-state index in [0.29, 0.717) is 5.75 Å². The summed E-state index contributed by atoms with van der Waals surface area (Å²) in [5.41, 5.74) is 0.793. The summed E-state index contributed by atoms with van der Waals surface area (Å²) in [6.07, 6.45) is -0.195. The van der Waals surface area contributed by atoms with Crippen molar-refractivity contribution in [1.29, 1.82) is 0 Å². The molecule has 0 radical (unpaired) electrons. The number of hydrogen-bond donors (Lipinski definition) is 1. The second kappa shape index (κ2) is 7.09. The summed E-state index contributed by atoms with van der Waals surface area (Å²) >= 11 is 0. The van der Waals surface area contributed by atoms with Gasteiger partial charge in [0.15, 0.2) is 6.61 Å². The van der Waals surface area contributed by atoms with Gasteiger partial charge in [0.1, 0.15) is 11.6 Å². The van der Waals surface area contributed by atoms with Gasteiger partial charge in [-0.05, 0) is 33.9 Å². The van der Waals surface area contributed by atoms with Crippen LogP contribution < -0.4 is 10.1 Å². The van der Waals surface area contributed by atoms with E-state index in [9.17, 15) is 9.18 Å². The molecule has 0 aliphatic heterocycles. The van der Waals surface area contributed by atoms with Crippen molar-refractivity contribution in [3.8, 4) is 5.75 Å². The van der Waals surface area contributed by atoms with Gasteiger partial charge in [0.05, 0.1) is 6.10 Å². The van der Waals surface area contributed by atoms with Crippen LogP contribution in [-0.4, -0.2) is 25.7 Å². The first-order valence-corrected chi connectivity index (χ1v) is 6.23. The zero-order valence-corrected chi connectivity index (χ0v) is 11.7. The van der Waals surface area contributed by atoms with Crippen LogP contribution in [0.3, 0.4) is 0 Å². The summed E-state index contributed by atoms with van der Waals surface area (Å²) in [5, 5.41) is 3.04. The van der Waals surface area contributed by atoms with Crippen LogP contribution in [-0.2, 0) is 9.53 Å². The third kappa shape index (κ3) is 4.87. The lowest BCUT2D eigenvalue weighted by molar-refractivity contribution is -0.149. The van der Waals surface area contributed by atoms with E-state index in [-0.39, 0.29) is 18.8 Å². The van der Waals surface area contributed by atoms with Crippen LogP contribution in [0.15, 0.2) is 18.2 Å². The number of rotatable bonds is 6. The predicted octanol–water partition coefficient (Wildman–Crippen LogP) is 2.44. The zero-order chi connectivity index (χ0) is 14.4. The van der Waals surface area contributed by atoms with Gasteiger partial charge in [-0.15, -0.1) is 0 Å². The fraction of sp³-hybridized carbons (Fsp3) is 0.500. The minimum absolute atomic E-state index is 0.00304. The third-order valence-corrected chi connectivity index (χ3v) is 2.59. The normalized spacial score (nSPS) is 12.3. The molecule has 0 aliphatic carbocycles. The zero-order valence-electron chi connectivity index (χ0n) is 11.7. The third-order valence-electron chi connectivity index (χ3n) is 2.59. The molecule has 0 fully saturated rings. The average Bonchev–Trinajstić information content (AvgIpc) is 2.34. The highest BCUT2D eigenvalue weighted by Gasteiger charge is 2.13. The van der Waals surface area contributed by atoms with Gasteiger partial charge in [-0.3, -0.25) is 0 Å². The van der Waals surface area contributed by atoms with Crippen LogP contribution in [0.4, 0.5) is 4.39 Å². The van der Waals surface area contributed by atoms with Gasteiger partial charge in [0.25, 0.3) is 0 Å². The largest absolute Gasteiger partial charge is 0.481 e. The summed E-state index contributed by atoms with van der Waals surface area (Å²) in [5.74, 6) is -0.524. The molecule has 5 heteroatoms. The number of carbonyl (C=O) groups excluding carboxylic acids is 1. The minimum atomic E-state index is -0.470. The average molecular weight is 269 g/mol. The maximum Gasteiger partial charge on any atom is 0.344 e. The van der Waals surface area contributed by atoms with Gasteiger partial charge in [0, 0.05) is 17.7 Å². The molecule has 4 nitrogen and oxygen atoms in total. The Balaban J connectivity index is 2.76. The van der Waals surface area contributed by atoms with E-state index in [1.54, 1.807) is 27.0 Å². The first-order valence-electron chi connectivity index (χ1n) is 6.23. The highest BCUT2D eigenvalue weighted by Crippen LogP contribution is 2.25. The van der Waals surface area contributed by atoms with E-state index in [1.807, 2.05) is 6.92 Å². The number of halogens is 1. The number of esters is 1. The maximum atomic E-state index is 13.2. The monoisotopic (exact) mass is 269 g/mol. The number of carbonyl (C=O) groups is 1. The van der Waals surface area contributed by atoms with Crippen molar-refractivity contribution < 1.29 is 18.7 Å². The molecule has 1 N–H and O–H groups in total. The molecule has 106 valence electrons. The molecule has 1 rings (SSSR count). The van der Waals surface area contributed by atoms with Crippen molar-refractivity contribution in [2.24, 2.45) is 0 Å². The van der Waals surface area contributed by atoms with Gasteiger partial charge in [-0.1, -0.05) is 6.07 Å². The number of benzene rings is 1. The Bertz CT molecular complexity index is 435. The Kier molecular flexibility index (Phi) is 5.76. The van der Waals surface area contributed by atoms with E-state index >= 15 is 0 Å². The molecule has 0 spiro atoms. The van der Waals surface area contributed by atoms with Crippen molar-refractivity contribution in [1.82, 2.24) is 5.32 Å². The molecular weight excluding hydrogens is 249 g/mol. The van der Waals surface area contributed by atoms with Crippen molar-refractivity contribution in [3.63, 3.8) is 0 Å². The molecular formula is C14H20FNO3. The molecule has 0 amide bonds. The van der Waals surface area contributed by atoms with E-state index < -0.39 is 11.8 Å². The molecule has 1 unspecified atom stereocenters. The molecule has 0 aliphatic rings. The molecule has 0 saturated heterocycles. The topological polar surface area (TPSA) is 47.6 Å². The Morgan fingerprint density at radius 2 is 2.05 bits per heavy atom. The van der Waals surface area contributed by atoms with Crippen molar-refractivity contribution >= 4 is 5.97 Å². The fourth-order valence-corrected chi connectivity index (χ4v) is 1.58. The molecule has 1 aromatic rings. The SMILES string of the molecule is CNC(C)c1ccc(F)cc1OCC(=O)OC(C)C. The second-order valence-electron chi connectivity index (χ2n) is 4.52. The van der Waals surface area contributed by atoms with Gasteiger partial charge in [-0.2, -0.15) is 0 Å². The van der Waals surface area contributed by atoms with Crippen molar-refractivity contribution in [2.75, 3.05) is 13.7 Å². The van der Waals surface area contributed by atoms with Crippen molar-refractivity contribution in [2.45, 2.75) is 32.9 Å². The molecule has 19 heavy (non-hydrogen) atoms. The Morgan fingerprint density at radius 3 is 2.63 bits per heavy atom. The summed E-state index contributed by atoms with van der Waals surface area (Å²) in [4.78, 5) is 11.4. The molecule has 1 aromatic carbocycles. The van der Waals surface area contributed by atoms with Crippen LogP contribution in [0.5, 0.6) is 5.75 Å². The summed E-state index contributed by atoms with van der Waals surface area (Å²) in [6.45, 7) is 5.21. The van der Waals surface area contributed by atoms with E-state index in [4.69, 9.17) is 9.47 Å². The standard InChI is InChI=1S/C14H20FNO3/c1-9(2)19-14(17)8-18-13-7-11(15)5-6-12(13)10(3)16-4/h5-7,9-10,16H,8H2,1-4H3. The maximum absolute atomic E-state index is 13.2. The van der Waals surface area contributed by atoms with Gasteiger partial charge in [0.2, 0.25) is 0 Å². The highest BCUT2D eigenvalue weighted by molar-refractivity contribution is 5.71. The first kappa shape index (κ1) is 15.4. The van der Waals surface area contributed by atoms with Gasteiger partial charge >= 0.3 is 5.97 Å². The molecule has 0 bridgehead atoms. The predicted molar refractivity (Wildman–Crippen MR) is 70.6 cm³/mol. The van der Waals surface area contributed by atoms with E-state index in [0.717, 1.165) is 5.56 Å². The number of hydrogen-bond acceptors (Lipinski definition) is 4. The van der Waals surface area contributed by atoms with Crippen LogP contribution in [0.25, 0.3) is 0 Å². The van der Waals surface area contributed by atoms with Crippen LogP contribution in [0.1, 0.15) is 32.4 Å². The minimum Gasteiger partial charge on any atom is -0.481 e. The molecule has 0 heterocycles. The molecule has 1 atom stereocenters. The summed E-state index contributed by atoms with van der Waals surface area (Å²) < 4.78 is 23.5. The smallest absolute Gasteiger partial charge is 0.344 e. The van der Waals surface area contributed by atoms with Crippen LogP contribution in [0, 0.1) is 5.82 Å². The molecule has 0 saturated carbocycles. The van der Waals surface area contributed by atoms with Crippen LogP contribution in [0.2, 0.25) is 0 Å². The quantitative estimate of drug-likeness (QED) is 0.806. The summed E-state index contributed by atoms with van der Waals surface area (Å²) in [7, 11) is 1.80. The lowest BCUT2D eigenvalue weighted by atomic mass is 10.1.